The molecule has 1 aromatic carbocycles. The molecule has 4 heteroatoms. The van der Waals surface area contributed by atoms with Crippen LogP contribution in [-0.4, -0.2) is 4.98 Å². The number of aromatic nitrogens is 1. The maximum Gasteiger partial charge on any atom is 0.142 e. The van der Waals surface area contributed by atoms with Crippen molar-refractivity contribution in [2.75, 3.05) is 5.73 Å². The van der Waals surface area contributed by atoms with Gasteiger partial charge in [-0.25, -0.2) is 4.98 Å². The molecule has 0 saturated carbocycles. The molecule has 102 valence electrons. The zero-order valence-corrected chi connectivity index (χ0v) is 12.5. The number of anilines is 1. The number of hydrogen-bond acceptors (Lipinski definition) is 4. The van der Waals surface area contributed by atoms with Crippen molar-refractivity contribution < 1.29 is 4.74 Å². The SMILES string of the molecule is Cc1nc(CC(C)C)sc1COc1ccccc1N. The molecule has 1 heterocycles. The van der Waals surface area contributed by atoms with Crippen molar-refractivity contribution in [3.63, 3.8) is 0 Å². The van der Waals surface area contributed by atoms with E-state index in [0.29, 0.717) is 18.2 Å². The topological polar surface area (TPSA) is 48.1 Å². The van der Waals surface area contributed by atoms with E-state index >= 15 is 0 Å². The van der Waals surface area contributed by atoms with Crippen LogP contribution in [0.4, 0.5) is 5.69 Å². The first-order valence-corrected chi connectivity index (χ1v) is 7.30. The Morgan fingerprint density at radius 2 is 2.05 bits per heavy atom. The van der Waals surface area contributed by atoms with Crippen molar-refractivity contribution in [2.24, 2.45) is 5.92 Å². The molecular formula is C15H20N2OS. The highest BCUT2D eigenvalue weighted by Crippen LogP contribution is 2.25. The molecule has 0 bridgehead atoms. The number of rotatable bonds is 5. The second-order valence-corrected chi connectivity index (χ2v) is 6.21. The molecule has 0 atom stereocenters. The summed E-state index contributed by atoms with van der Waals surface area (Å²) in [5.74, 6) is 1.37. The fourth-order valence-corrected chi connectivity index (χ4v) is 3.01. The van der Waals surface area contributed by atoms with Crippen LogP contribution in [0.25, 0.3) is 0 Å². The molecule has 1 aromatic heterocycles. The molecule has 2 rings (SSSR count). The maximum atomic E-state index is 5.86. The number of nitrogens with zero attached hydrogens (tertiary/aromatic N) is 1. The van der Waals surface area contributed by atoms with Gasteiger partial charge in [0, 0.05) is 6.42 Å². The minimum atomic E-state index is 0.538. The van der Waals surface area contributed by atoms with E-state index in [1.165, 1.54) is 9.88 Å². The summed E-state index contributed by atoms with van der Waals surface area (Å²) in [6.45, 7) is 6.98. The Labute approximate surface area is 118 Å². The van der Waals surface area contributed by atoms with Gasteiger partial charge in [-0.3, -0.25) is 0 Å². The van der Waals surface area contributed by atoms with Crippen LogP contribution in [0.15, 0.2) is 24.3 Å². The minimum absolute atomic E-state index is 0.538. The molecule has 3 nitrogen and oxygen atoms in total. The normalized spacial score (nSPS) is 10.9. The minimum Gasteiger partial charge on any atom is -0.486 e. The summed E-state index contributed by atoms with van der Waals surface area (Å²) >= 11 is 1.74. The van der Waals surface area contributed by atoms with Crippen molar-refractivity contribution >= 4 is 17.0 Å². The van der Waals surface area contributed by atoms with Gasteiger partial charge in [-0.1, -0.05) is 26.0 Å². The number of nitrogen functional groups attached to an aromatic ring is 1. The summed E-state index contributed by atoms with van der Waals surface area (Å²) < 4.78 is 5.77. The van der Waals surface area contributed by atoms with E-state index in [9.17, 15) is 0 Å². The van der Waals surface area contributed by atoms with E-state index in [2.05, 4.69) is 18.8 Å². The van der Waals surface area contributed by atoms with Gasteiger partial charge in [-0.2, -0.15) is 0 Å². The first-order valence-electron chi connectivity index (χ1n) is 6.48. The number of ether oxygens (including phenoxy) is 1. The molecule has 19 heavy (non-hydrogen) atoms. The van der Waals surface area contributed by atoms with Crippen LogP contribution in [0.3, 0.4) is 0 Å². The van der Waals surface area contributed by atoms with E-state index in [0.717, 1.165) is 17.9 Å². The standard InChI is InChI=1S/C15H20N2OS/c1-10(2)8-15-17-11(3)14(19-15)9-18-13-7-5-4-6-12(13)16/h4-7,10H,8-9,16H2,1-3H3. The summed E-state index contributed by atoms with van der Waals surface area (Å²) in [5, 5.41) is 1.19. The van der Waals surface area contributed by atoms with Crippen LogP contribution in [0.5, 0.6) is 5.75 Å². The number of nitrogens with two attached hydrogens (primary N) is 1. The Balaban J connectivity index is 2.03. The lowest BCUT2D eigenvalue weighted by atomic mass is 10.1. The zero-order valence-electron chi connectivity index (χ0n) is 11.6. The van der Waals surface area contributed by atoms with Gasteiger partial charge in [0.25, 0.3) is 0 Å². The van der Waals surface area contributed by atoms with Crippen LogP contribution in [0, 0.1) is 12.8 Å². The lowest BCUT2D eigenvalue weighted by Crippen LogP contribution is -1.98. The van der Waals surface area contributed by atoms with Crippen molar-refractivity contribution in [3.05, 3.63) is 39.8 Å². The summed E-state index contributed by atoms with van der Waals surface area (Å²) in [4.78, 5) is 5.77. The molecule has 2 aromatic rings. The third-order valence-corrected chi connectivity index (χ3v) is 3.95. The third kappa shape index (κ3) is 3.70. The molecule has 0 fully saturated rings. The molecule has 0 unspecified atom stereocenters. The first-order chi connectivity index (χ1) is 9.06. The van der Waals surface area contributed by atoms with Crippen molar-refractivity contribution in [3.8, 4) is 5.75 Å². The number of para-hydroxylation sites is 2. The molecule has 0 saturated heterocycles. The first kappa shape index (κ1) is 13.9. The Bertz CT molecular complexity index is 549. The summed E-state index contributed by atoms with van der Waals surface area (Å²) in [6, 6.07) is 7.57. The lowest BCUT2D eigenvalue weighted by Gasteiger charge is -2.07. The number of thiazole rings is 1. The van der Waals surface area contributed by atoms with Crippen LogP contribution in [0.2, 0.25) is 0 Å². The van der Waals surface area contributed by atoms with Crippen LogP contribution in [-0.2, 0) is 13.0 Å². The fourth-order valence-electron chi connectivity index (χ4n) is 1.81. The summed E-state index contributed by atoms with van der Waals surface area (Å²) in [7, 11) is 0. The van der Waals surface area contributed by atoms with Crippen LogP contribution in [0.1, 0.15) is 29.4 Å². The Morgan fingerprint density at radius 3 is 2.74 bits per heavy atom. The molecule has 0 spiro atoms. The summed E-state index contributed by atoms with van der Waals surface area (Å²) in [5.41, 5.74) is 7.59. The van der Waals surface area contributed by atoms with Gasteiger partial charge in [0.1, 0.15) is 12.4 Å². The van der Waals surface area contributed by atoms with Gasteiger partial charge in [0.2, 0.25) is 0 Å². The fraction of sp³-hybridized carbons (Fsp3) is 0.400. The highest BCUT2D eigenvalue weighted by atomic mass is 32.1. The second-order valence-electron chi connectivity index (χ2n) is 5.04. The van der Waals surface area contributed by atoms with E-state index in [1.54, 1.807) is 11.3 Å². The van der Waals surface area contributed by atoms with Gasteiger partial charge in [0.15, 0.2) is 0 Å². The third-order valence-electron chi connectivity index (χ3n) is 2.80. The maximum absolute atomic E-state index is 5.86. The van der Waals surface area contributed by atoms with E-state index in [-0.39, 0.29) is 0 Å². The average molecular weight is 276 g/mol. The Hall–Kier alpha value is -1.55. The largest absolute Gasteiger partial charge is 0.486 e. The molecule has 0 aliphatic heterocycles. The number of benzene rings is 1. The quantitative estimate of drug-likeness (QED) is 0.845. The predicted molar refractivity (Wildman–Crippen MR) is 80.6 cm³/mol. The van der Waals surface area contributed by atoms with Crippen LogP contribution >= 0.6 is 11.3 Å². The number of hydrogen-bond donors (Lipinski definition) is 1. The van der Waals surface area contributed by atoms with Gasteiger partial charge in [-0.15, -0.1) is 11.3 Å². The van der Waals surface area contributed by atoms with Gasteiger partial charge in [0.05, 0.1) is 21.3 Å². The molecule has 0 amide bonds. The van der Waals surface area contributed by atoms with E-state index in [4.69, 9.17) is 10.5 Å². The van der Waals surface area contributed by atoms with Crippen LogP contribution < -0.4 is 10.5 Å². The highest BCUT2D eigenvalue weighted by Gasteiger charge is 2.10. The highest BCUT2D eigenvalue weighted by molar-refractivity contribution is 7.11. The van der Waals surface area contributed by atoms with Crippen molar-refractivity contribution in [1.29, 1.82) is 0 Å². The Morgan fingerprint density at radius 1 is 1.32 bits per heavy atom. The zero-order chi connectivity index (χ0) is 13.8. The predicted octanol–water partition coefficient (Wildman–Crippen LogP) is 3.81. The molecular weight excluding hydrogens is 256 g/mol. The smallest absolute Gasteiger partial charge is 0.142 e. The molecule has 2 N–H and O–H groups in total. The monoisotopic (exact) mass is 276 g/mol. The molecule has 0 radical (unpaired) electrons. The number of aryl methyl sites for hydroxylation is 1. The Kier molecular flexibility index (Phi) is 4.43. The second kappa shape index (κ2) is 6.06. The van der Waals surface area contributed by atoms with Crippen molar-refractivity contribution in [2.45, 2.75) is 33.8 Å². The molecule has 0 aliphatic rings. The summed E-state index contributed by atoms with van der Waals surface area (Å²) in [6.07, 6.45) is 1.03. The molecule has 0 aliphatic carbocycles. The van der Waals surface area contributed by atoms with Gasteiger partial charge in [-0.05, 0) is 25.0 Å². The van der Waals surface area contributed by atoms with Gasteiger partial charge >= 0.3 is 0 Å². The average Bonchev–Trinajstić information content (AvgIpc) is 2.67. The van der Waals surface area contributed by atoms with E-state index < -0.39 is 0 Å². The van der Waals surface area contributed by atoms with Gasteiger partial charge < -0.3 is 10.5 Å². The van der Waals surface area contributed by atoms with Crippen molar-refractivity contribution in [1.82, 2.24) is 4.98 Å². The lowest BCUT2D eigenvalue weighted by molar-refractivity contribution is 0.310. The van der Waals surface area contributed by atoms with E-state index in [1.807, 2.05) is 31.2 Å².